The van der Waals surface area contributed by atoms with Gasteiger partial charge < -0.3 is 39.9 Å². The van der Waals surface area contributed by atoms with Crippen molar-refractivity contribution in [1.29, 1.82) is 0 Å². The standard InChI is InChI=1S/C39H46N8O6/c1-6-27(44-38(50)52-4)36(48)46-19-8-10-32(46)35-41-28-18-15-25(21-29(28)42-35)12-11-24-13-16-26(17-14-24)30-22-40-34(43-30)31-9-7-20-47(31)37(49)33(23(2)3)45-39(51)53-5/h13-18,21-23,27,31-33H,6-10,19-20H2,1-5H3,(H,40,43)(H,41,42)(H,44,50)(H,45,51)/t27-,31-,32-,33-/m0/s1. The lowest BCUT2D eigenvalue weighted by atomic mass is 10.0. The average molecular weight is 723 g/mol. The molecule has 0 aliphatic carbocycles. The number of carbonyl (C=O) groups is 4. The lowest BCUT2D eigenvalue weighted by Crippen LogP contribution is -2.51. The zero-order valence-electron chi connectivity index (χ0n) is 30.7. The molecule has 0 spiro atoms. The van der Waals surface area contributed by atoms with Crippen LogP contribution in [0.5, 0.6) is 0 Å². The van der Waals surface area contributed by atoms with Crippen molar-refractivity contribution in [2.45, 2.75) is 77.0 Å². The molecule has 4 aromatic rings. The van der Waals surface area contributed by atoms with E-state index >= 15 is 0 Å². The minimum Gasteiger partial charge on any atom is -0.453 e. The molecule has 278 valence electrons. The third kappa shape index (κ3) is 8.14. The van der Waals surface area contributed by atoms with Gasteiger partial charge in [0.05, 0.1) is 49.2 Å². The molecule has 4 amide bonds. The Hall–Kier alpha value is -5.84. The summed E-state index contributed by atoms with van der Waals surface area (Å²) < 4.78 is 9.44. The quantitative estimate of drug-likeness (QED) is 0.171. The van der Waals surface area contributed by atoms with Gasteiger partial charge in [-0.25, -0.2) is 19.6 Å². The molecule has 0 bridgehead atoms. The minimum atomic E-state index is -0.692. The van der Waals surface area contributed by atoms with Gasteiger partial charge in [0, 0.05) is 24.2 Å². The number of hydrogen-bond acceptors (Lipinski definition) is 8. The van der Waals surface area contributed by atoms with E-state index in [1.165, 1.54) is 14.2 Å². The lowest BCUT2D eigenvalue weighted by Gasteiger charge is -2.30. The number of H-pyrrole nitrogens is 2. The minimum absolute atomic E-state index is 0.108. The van der Waals surface area contributed by atoms with Crippen LogP contribution < -0.4 is 10.6 Å². The molecule has 4 N–H and O–H groups in total. The molecule has 2 saturated heterocycles. The van der Waals surface area contributed by atoms with E-state index in [9.17, 15) is 19.2 Å². The number of carbonyl (C=O) groups excluding carboxylic acids is 4. The molecular formula is C39H46N8O6. The first-order valence-corrected chi connectivity index (χ1v) is 18.1. The van der Waals surface area contributed by atoms with E-state index in [0.29, 0.717) is 31.2 Å². The summed E-state index contributed by atoms with van der Waals surface area (Å²) >= 11 is 0. The maximum atomic E-state index is 13.5. The van der Waals surface area contributed by atoms with Crippen LogP contribution in [-0.4, -0.2) is 93.1 Å². The third-order valence-corrected chi connectivity index (χ3v) is 9.92. The molecule has 0 saturated carbocycles. The Bertz CT molecular complexity index is 2030. The Kier molecular flexibility index (Phi) is 11.3. The van der Waals surface area contributed by atoms with Crippen molar-refractivity contribution < 1.29 is 28.7 Å². The Morgan fingerprint density at radius 3 is 2.13 bits per heavy atom. The molecule has 0 radical (unpaired) electrons. The summed E-state index contributed by atoms with van der Waals surface area (Å²) in [5.74, 6) is 7.51. The molecule has 53 heavy (non-hydrogen) atoms. The maximum Gasteiger partial charge on any atom is 0.407 e. The van der Waals surface area contributed by atoms with Crippen LogP contribution >= 0.6 is 0 Å². The summed E-state index contributed by atoms with van der Waals surface area (Å²) in [6.45, 7) is 6.82. The number of alkyl carbamates (subject to hydrolysis) is 2. The van der Waals surface area contributed by atoms with Gasteiger partial charge in [0.15, 0.2) is 0 Å². The van der Waals surface area contributed by atoms with E-state index in [0.717, 1.165) is 59.1 Å². The lowest BCUT2D eigenvalue weighted by molar-refractivity contribution is -0.135. The van der Waals surface area contributed by atoms with Gasteiger partial charge >= 0.3 is 12.2 Å². The topological polar surface area (TPSA) is 175 Å². The summed E-state index contributed by atoms with van der Waals surface area (Å²) in [5, 5.41) is 5.32. The molecule has 2 aliphatic rings. The van der Waals surface area contributed by atoms with Crippen molar-refractivity contribution >= 4 is 35.0 Å². The molecule has 6 rings (SSSR count). The second-order valence-corrected chi connectivity index (χ2v) is 13.7. The number of rotatable bonds is 9. The van der Waals surface area contributed by atoms with E-state index in [1.54, 1.807) is 16.0 Å². The van der Waals surface area contributed by atoms with Gasteiger partial charge in [0.2, 0.25) is 11.8 Å². The summed E-state index contributed by atoms with van der Waals surface area (Å²) in [5.41, 5.74) is 5.05. The molecule has 4 atom stereocenters. The molecule has 2 aliphatic heterocycles. The van der Waals surface area contributed by atoms with Crippen molar-refractivity contribution in [3.8, 4) is 23.1 Å². The summed E-state index contributed by atoms with van der Waals surface area (Å²) in [6, 6.07) is 11.9. The van der Waals surface area contributed by atoms with Crippen LogP contribution in [0.2, 0.25) is 0 Å². The number of amides is 4. The number of benzene rings is 2. The number of nitrogens with one attached hydrogen (secondary N) is 4. The highest BCUT2D eigenvalue weighted by Crippen LogP contribution is 2.34. The molecule has 0 unspecified atom stereocenters. The number of ether oxygens (including phenoxy) is 2. The first kappa shape index (κ1) is 36.9. The van der Waals surface area contributed by atoms with Crippen molar-refractivity contribution in [2.75, 3.05) is 27.3 Å². The van der Waals surface area contributed by atoms with Gasteiger partial charge in [0.25, 0.3) is 0 Å². The molecule has 14 nitrogen and oxygen atoms in total. The first-order valence-electron chi connectivity index (χ1n) is 18.1. The van der Waals surface area contributed by atoms with E-state index in [4.69, 9.17) is 14.5 Å². The fourth-order valence-electron chi connectivity index (χ4n) is 7.04. The van der Waals surface area contributed by atoms with Crippen LogP contribution in [0.4, 0.5) is 9.59 Å². The smallest absolute Gasteiger partial charge is 0.407 e. The van der Waals surface area contributed by atoms with E-state index in [1.807, 2.05) is 63.2 Å². The predicted octanol–water partition coefficient (Wildman–Crippen LogP) is 5.20. The van der Waals surface area contributed by atoms with Crippen LogP contribution in [0.1, 0.15) is 87.7 Å². The highest BCUT2D eigenvalue weighted by molar-refractivity contribution is 5.87. The fourth-order valence-corrected chi connectivity index (χ4v) is 7.04. The van der Waals surface area contributed by atoms with Crippen molar-refractivity contribution in [1.82, 2.24) is 40.4 Å². The largest absolute Gasteiger partial charge is 0.453 e. The van der Waals surface area contributed by atoms with E-state index in [-0.39, 0.29) is 29.8 Å². The Balaban J connectivity index is 1.12. The van der Waals surface area contributed by atoms with Gasteiger partial charge in [-0.05, 0) is 73.9 Å². The fraction of sp³-hybridized carbons (Fsp3) is 0.436. The highest BCUT2D eigenvalue weighted by Gasteiger charge is 2.38. The predicted molar refractivity (Wildman–Crippen MR) is 197 cm³/mol. The van der Waals surface area contributed by atoms with Crippen molar-refractivity contribution in [3.05, 3.63) is 71.4 Å². The third-order valence-electron chi connectivity index (χ3n) is 9.92. The Labute approximate surface area is 308 Å². The monoisotopic (exact) mass is 722 g/mol. The van der Waals surface area contributed by atoms with Crippen LogP contribution in [-0.2, 0) is 19.1 Å². The molecule has 2 aromatic carbocycles. The Morgan fingerprint density at radius 1 is 0.849 bits per heavy atom. The number of nitrogens with zero attached hydrogens (tertiary/aromatic N) is 4. The number of hydrogen-bond donors (Lipinski definition) is 4. The SMILES string of the molecule is CC[C@H](NC(=O)OC)C(=O)N1CCC[C@H]1c1nc2ccc(C#Cc3ccc(-c4cnc([C@@H]5CCCN5C(=O)[C@@H](NC(=O)OC)C(C)C)[nH]4)cc3)cc2[nH]1. The molecule has 2 aromatic heterocycles. The average Bonchev–Trinajstić information content (AvgIpc) is 4.00. The number of methoxy groups -OCH3 is 2. The van der Waals surface area contributed by atoms with Crippen LogP contribution in [0, 0.1) is 17.8 Å². The van der Waals surface area contributed by atoms with Crippen LogP contribution in [0.25, 0.3) is 22.3 Å². The van der Waals surface area contributed by atoms with Crippen molar-refractivity contribution in [3.63, 3.8) is 0 Å². The van der Waals surface area contributed by atoms with Crippen LogP contribution in [0.15, 0.2) is 48.7 Å². The van der Waals surface area contributed by atoms with Gasteiger partial charge in [-0.1, -0.05) is 44.7 Å². The normalized spacial score (nSPS) is 18.0. The zero-order chi connectivity index (χ0) is 37.6. The van der Waals surface area contributed by atoms with Gasteiger partial charge in [-0.15, -0.1) is 0 Å². The number of imidazole rings is 2. The molecule has 4 heterocycles. The van der Waals surface area contributed by atoms with E-state index in [2.05, 4.69) is 37.4 Å². The number of fused-ring (bicyclic) bond motifs is 1. The molecular weight excluding hydrogens is 676 g/mol. The zero-order valence-corrected chi connectivity index (χ0v) is 30.7. The van der Waals surface area contributed by atoms with Crippen molar-refractivity contribution in [2.24, 2.45) is 5.92 Å². The first-order chi connectivity index (χ1) is 25.6. The Morgan fingerprint density at radius 2 is 1.47 bits per heavy atom. The summed E-state index contributed by atoms with van der Waals surface area (Å²) in [4.78, 5) is 70.4. The molecule has 2 fully saturated rings. The number of aromatic amines is 2. The summed E-state index contributed by atoms with van der Waals surface area (Å²) in [7, 11) is 2.56. The second kappa shape index (κ2) is 16.2. The highest BCUT2D eigenvalue weighted by atomic mass is 16.5. The number of aromatic nitrogens is 4. The number of likely N-dealkylation sites (tertiary alicyclic amines) is 2. The van der Waals surface area contributed by atoms with Gasteiger partial charge in [-0.3, -0.25) is 9.59 Å². The van der Waals surface area contributed by atoms with Gasteiger partial charge in [0.1, 0.15) is 23.7 Å². The second-order valence-electron chi connectivity index (χ2n) is 13.7. The maximum absolute atomic E-state index is 13.5. The van der Waals surface area contributed by atoms with Gasteiger partial charge in [-0.2, -0.15) is 0 Å². The molecule has 14 heteroatoms. The van der Waals surface area contributed by atoms with E-state index < -0.39 is 24.3 Å². The summed E-state index contributed by atoms with van der Waals surface area (Å²) in [6.07, 6.45) is 4.20. The van der Waals surface area contributed by atoms with Crippen LogP contribution in [0.3, 0.4) is 0 Å².